The van der Waals surface area contributed by atoms with Crippen LogP contribution in [0.5, 0.6) is 5.75 Å². The zero-order chi connectivity index (χ0) is 16.5. The zero-order valence-corrected chi connectivity index (χ0v) is 13.9. The van der Waals surface area contributed by atoms with Crippen molar-refractivity contribution in [3.05, 3.63) is 41.0 Å². The maximum absolute atomic E-state index is 12.5. The molecular weight excluding hydrogens is 304 g/mol. The van der Waals surface area contributed by atoms with Crippen LogP contribution in [0.25, 0.3) is 0 Å². The molecule has 1 N–H and O–H groups in total. The Hall–Kier alpha value is -2.37. The second-order valence-corrected chi connectivity index (χ2v) is 6.44. The Morgan fingerprint density at radius 2 is 2.38 bits per heavy atom. The number of carbonyl (C=O) groups excluding carboxylic acids is 1. The molecule has 2 aliphatic rings. The number of nitrogens with zero attached hydrogens (tertiary/aromatic N) is 3. The normalized spacial score (nSPS) is 18.6. The van der Waals surface area contributed by atoms with E-state index in [1.54, 1.807) is 0 Å². The van der Waals surface area contributed by atoms with Crippen molar-refractivity contribution in [1.29, 1.82) is 0 Å². The molecule has 0 spiro atoms. The fourth-order valence-electron chi connectivity index (χ4n) is 3.47. The lowest BCUT2D eigenvalue weighted by Gasteiger charge is -2.23. The highest BCUT2D eigenvalue weighted by Gasteiger charge is 2.25. The van der Waals surface area contributed by atoms with Crippen LogP contribution in [0.1, 0.15) is 48.6 Å². The molecule has 1 atom stereocenters. The molecule has 4 rings (SSSR count). The van der Waals surface area contributed by atoms with Gasteiger partial charge in [0.1, 0.15) is 11.6 Å². The highest BCUT2D eigenvalue weighted by Crippen LogP contribution is 2.26. The van der Waals surface area contributed by atoms with Crippen LogP contribution in [-0.2, 0) is 30.6 Å². The zero-order valence-electron chi connectivity index (χ0n) is 13.9. The van der Waals surface area contributed by atoms with E-state index in [1.807, 2.05) is 23.7 Å². The molecule has 1 aromatic carbocycles. The summed E-state index contributed by atoms with van der Waals surface area (Å²) in [4.78, 5) is 17.0. The van der Waals surface area contributed by atoms with Crippen molar-refractivity contribution < 1.29 is 9.53 Å². The standard InChI is InChI=1S/C18H22N4O2/c1-2-16-20-18-14(4-3-8-22(18)21-16)19-17(23)11-12-5-6-15-13(10-12)7-9-24-15/h5-6,10,14H,2-4,7-9,11H2,1H3,(H,19,23). The molecule has 2 aromatic rings. The first-order chi connectivity index (χ1) is 11.7. The first-order valence-electron chi connectivity index (χ1n) is 8.70. The molecule has 0 fully saturated rings. The molecule has 0 radical (unpaired) electrons. The van der Waals surface area contributed by atoms with Gasteiger partial charge in [0, 0.05) is 19.4 Å². The van der Waals surface area contributed by atoms with Crippen molar-refractivity contribution >= 4 is 5.91 Å². The predicted molar refractivity (Wildman–Crippen MR) is 88.9 cm³/mol. The number of hydrogen-bond donors (Lipinski definition) is 1. The van der Waals surface area contributed by atoms with E-state index in [1.165, 1.54) is 5.56 Å². The third-order valence-corrected chi connectivity index (χ3v) is 4.69. The van der Waals surface area contributed by atoms with Crippen molar-refractivity contribution in [2.75, 3.05) is 6.61 Å². The molecule has 0 aliphatic carbocycles. The van der Waals surface area contributed by atoms with Crippen molar-refractivity contribution in [3.8, 4) is 5.75 Å². The van der Waals surface area contributed by atoms with Crippen LogP contribution in [-0.4, -0.2) is 27.3 Å². The largest absolute Gasteiger partial charge is 0.493 e. The Balaban J connectivity index is 1.44. The van der Waals surface area contributed by atoms with Gasteiger partial charge < -0.3 is 10.1 Å². The summed E-state index contributed by atoms with van der Waals surface area (Å²) >= 11 is 0. The maximum atomic E-state index is 12.5. The summed E-state index contributed by atoms with van der Waals surface area (Å²) in [5, 5.41) is 7.63. The highest BCUT2D eigenvalue weighted by atomic mass is 16.5. The third-order valence-electron chi connectivity index (χ3n) is 4.69. The second-order valence-electron chi connectivity index (χ2n) is 6.44. The number of aromatic nitrogens is 3. The Morgan fingerprint density at radius 3 is 3.25 bits per heavy atom. The van der Waals surface area contributed by atoms with Crippen molar-refractivity contribution in [2.24, 2.45) is 0 Å². The smallest absolute Gasteiger partial charge is 0.225 e. The van der Waals surface area contributed by atoms with Gasteiger partial charge in [-0.3, -0.25) is 4.79 Å². The monoisotopic (exact) mass is 326 g/mol. The summed E-state index contributed by atoms with van der Waals surface area (Å²) in [6, 6.07) is 6.00. The lowest BCUT2D eigenvalue weighted by molar-refractivity contribution is -0.121. The van der Waals surface area contributed by atoms with E-state index in [9.17, 15) is 4.79 Å². The maximum Gasteiger partial charge on any atom is 0.225 e. The Morgan fingerprint density at radius 1 is 1.46 bits per heavy atom. The summed E-state index contributed by atoms with van der Waals surface area (Å²) in [5.41, 5.74) is 2.23. The summed E-state index contributed by atoms with van der Waals surface area (Å²) in [5.74, 6) is 2.73. The van der Waals surface area contributed by atoms with Gasteiger partial charge in [-0.15, -0.1) is 0 Å². The Bertz CT molecular complexity index is 768. The second kappa shape index (κ2) is 6.26. The number of nitrogens with one attached hydrogen (secondary N) is 1. The lowest BCUT2D eigenvalue weighted by Crippen LogP contribution is -2.34. The van der Waals surface area contributed by atoms with Gasteiger partial charge in [0.15, 0.2) is 5.82 Å². The van der Waals surface area contributed by atoms with Crippen LogP contribution >= 0.6 is 0 Å². The van der Waals surface area contributed by atoms with E-state index in [0.29, 0.717) is 6.42 Å². The topological polar surface area (TPSA) is 69.0 Å². The average molecular weight is 326 g/mol. The predicted octanol–water partition coefficient (Wildman–Crippen LogP) is 1.97. The first kappa shape index (κ1) is 15.2. The fourth-order valence-corrected chi connectivity index (χ4v) is 3.47. The minimum absolute atomic E-state index is 0.0307. The van der Waals surface area contributed by atoms with Gasteiger partial charge in [0.2, 0.25) is 5.91 Å². The quantitative estimate of drug-likeness (QED) is 0.933. The van der Waals surface area contributed by atoms with Gasteiger partial charge in [-0.2, -0.15) is 5.10 Å². The third kappa shape index (κ3) is 2.88. The number of hydrogen-bond acceptors (Lipinski definition) is 4. The van der Waals surface area contributed by atoms with E-state index in [4.69, 9.17) is 4.74 Å². The molecule has 24 heavy (non-hydrogen) atoms. The number of rotatable bonds is 4. The number of aryl methyl sites for hydroxylation is 2. The molecule has 3 heterocycles. The molecule has 6 nitrogen and oxygen atoms in total. The number of ether oxygens (including phenoxy) is 1. The lowest BCUT2D eigenvalue weighted by atomic mass is 10.0. The molecule has 1 aromatic heterocycles. The van der Waals surface area contributed by atoms with Crippen molar-refractivity contribution in [2.45, 2.75) is 51.6 Å². The van der Waals surface area contributed by atoms with Gasteiger partial charge >= 0.3 is 0 Å². The molecular formula is C18H22N4O2. The minimum Gasteiger partial charge on any atom is -0.493 e. The molecule has 126 valence electrons. The van der Waals surface area contributed by atoms with Gasteiger partial charge in [0.25, 0.3) is 0 Å². The summed E-state index contributed by atoms with van der Waals surface area (Å²) in [7, 11) is 0. The van der Waals surface area contributed by atoms with Gasteiger partial charge in [0.05, 0.1) is 19.1 Å². The van der Waals surface area contributed by atoms with E-state index in [0.717, 1.165) is 61.8 Å². The highest BCUT2D eigenvalue weighted by molar-refractivity contribution is 5.79. The average Bonchev–Trinajstić information content (AvgIpc) is 3.20. The van der Waals surface area contributed by atoms with Crippen LogP contribution in [0.2, 0.25) is 0 Å². The Labute approximate surface area is 141 Å². The molecule has 0 bridgehead atoms. The minimum atomic E-state index is -0.0307. The molecule has 0 saturated heterocycles. The van der Waals surface area contributed by atoms with Crippen LogP contribution in [0, 0.1) is 0 Å². The molecule has 1 amide bonds. The fraction of sp³-hybridized carbons (Fsp3) is 0.500. The van der Waals surface area contributed by atoms with Crippen LogP contribution in [0.3, 0.4) is 0 Å². The number of amides is 1. The number of benzene rings is 1. The van der Waals surface area contributed by atoms with Gasteiger partial charge in [-0.05, 0) is 30.0 Å². The summed E-state index contributed by atoms with van der Waals surface area (Å²) < 4.78 is 7.46. The van der Waals surface area contributed by atoms with E-state index < -0.39 is 0 Å². The first-order valence-corrected chi connectivity index (χ1v) is 8.70. The summed E-state index contributed by atoms with van der Waals surface area (Å²) in [6.45, 7) is 3.68. The van der Waals surface area contributed by atoms with E-state index in [-0.39, 0.29) is 11.9 Å². The molecule has 1 unspecified atom stereocenters. The molecule has 6 heteroatoms. The van der Waals surface area contributed by atoms with Crippen LogP contribution < -0.4 is 10.1 Å². The van der Waals surface area contributed by atoms with Crippen LogP contribution in [0.15, 0.2) is 18.2 Å². The summed E-state index contributed by atoms with van der Waals surface area (Å²) in [6.07, 6.45) is 4.07. The van der Waals surface area contributed by atoms with Gasteiger partial charge in [-0.25, -0.2) is 9.67 Å². The van der Waals surface area contributed by atoms with E-state index >= 15 is 0 Å². The Kier molecular flexibility index (Phi) is 3.96. The van der Waals surface area contributed by atoms with Crippen molar-refractivity contribution in [1.82, 2.24) is 20.1 Å². The van der Waals surface area contributed by atoms with Crippen molar-refractivity contribution in [3.63, 3.8) is 0 Å². The molecule has 0 saturated carbocycles. The number of fused-ring (bicyclic) bond motifs is 2. The van der Waals surface area contributed by atoms with Crippen LogP contribution in [0.4, 0.5) is 0 Å². The molecule has 2 aliphatic heterocycles. The van der Waals surface area contributed by atoms with Gasteiger partial charge in [-0.1, -0.05) is 19.1 Å². The SMILES string of the molecule is CCc1nc2n(n1)CCCC2NC(=O)Cc1ccc2c(c1)CCO2. The van der Waals surface area contributed by atoms with E-state index in [2.05, 4.69) is 21.5 Å². The number of carbonyl (C=O) groups is 1.